The number of likely N-dealkylation sites (tertiary alicyclic amines) is 1. The molecule has 8 atom stereocenters. The molecule has 0 aliphatic carbocycles. The van der Waals surface area contributed by atoms with E-state index < -0.39 is 41.9 Å². The third-order valence-corrected chi connectivity index (χ3v) is 7.18. The van der Waals surface area contributed by atoms with Gasteiger partial charge in [0.05, 0.1) is 12.4 Å². The van der Waals surface area contributed by atoms with E-state index in [1.165, 1.54) is 24.5 Å². The number of unbranched alkanes of at least 4 members (excludes halogenated alkanes) is 2. The van der Waals surface area contributed by atoms with Gasteiger partial charge in [-0.3, -0.25) is 10.2 Å². The number of carbonyl (C=O) groups is 1. The quantitative estimate of drug-likeness (QED) is 0.194. The van der Waals surface area contributed by atoms with Crippen LogP contribution in [0.3, 0.4) is 0 Å². The number of thioether (sulfide) groups is 1. The van der Waals surface area contributed by atoms with E-state index in [0.717, 1.165) is 19.3 Å². The second-order valence-corrected chi connectivity index (χ2v) is 9.83. The van der Waals surface area contributed by atoms with Gasteiger partial charge in [0.1, 0.15) is 35.9 Å². The molecule has 0 saturated carbocycles. The van der Waals surface area contributed by atoms with E-state index in [1.54, 1.807) is 11.2 Å². The van der Waals surface area contributed by atoms with Crippen LogP contribution in [0.1, 0.15) is 52.9 Å². The minimum absolute atomic E-state index is 0.0614. The summed E-state index contributed by atoms with van der Waals surface area (Å²) in [6.07, 6.45) is 3.56. The molecule has 0 aromatic heterocycles. The normalized spacial score (nSPS) is 35.5. The molecule has 0 spiro atoms. The smallest absolute Gasteiger partial charge is 0.243 e. The Morgan fingerprint density at radius 2 is 1.97 bits per heavy atom. The number of hydrogen-bond donors (Lipinski definition) is 5. The zero-order valence-corrected chi connectivity index (χ0v) is 19.3. The second kappa shape index (κ2) is 11.7. The molecule has 5 N–H and O–H groups in total. The Morgan fingerprint density at radius 3 is 2.53 bits per heavy atom. The number of hydrogen-bond acceptors (Lipinski definition) is 7. The number of ether oxygens (including phenoxy) is 1. The van der Waals surface area contributed by atoms with Crippen molar-refractivity contribution < 1.29 is 24.9 Å². The molecule has 0 radical (unpaired) electrons. The van der Waals surface area contributed by atoms with Crippen LogP contribution in [0.15, 0.2) is 0 Å². The molecule has 2 aliphatic heterocycles. The number of carbonyl (C=O) groups excluding carboxylic acids is 1. The van der Waals surface area contributed by atoms with Gasteiger partial charge in [-0.25, -0.2) is 0 Å². The molecule has 30 heavy (non-hydrogen) atoms. The maximum atomic E-state index is 13.1. The van der Waals surface area contributed by atoms with Crippen LogP contribution >= 0.6 is 11.8 Å². The van der Waals surface area contributed by atoms with E-state index >= 15 is 0 Å². The molecule has 2 rings (SSSR count). The Bertz CT molecular complexity index is 565. The van der Waals surface area contributed by atoms with Gasteiger partial charge in [-0.15, -0.1) is 11.8 Å². The lowest BCUT2D eigenvalue weighted by molar-refractivity contribution is -0.208. The van der Waals surface area contributed by atoms with Crippen molar-refractivity contribution in [3.63, 3.8) is 0 Å². The van der Waals surface area contributed by atoms with Gasteiger partial charge in [0, 0.05) is 6.54 Å². The molecule has 174 valence electrons. The summed E-state index contributed by atoms with van der Waals surface area (Å²) < 4.78 is 5.89. The molecule has 2 aliphatic rings. The summed E-state index contributed by atoms with van der Waals surface area (Å²) in [5.41, 5.74) is -0.681. The molecule has 1 amide bonds. The molecule has 2 heterocycles. The lowest BCUT2D eigenvalue weighted by Gasteiger charge is -2.44. The highest BCUT2D eigenvalue weighted by Crippen LogP contribution is 2.31. The SMILES string of the molecule is CCCCC[C@@H]1C[C@@H](C(=O)N[C@H](C(C)C)[C@H]2O[C@H](SC)[C@H](O)[C@@H](O)[C@H]2O)N(C=N)C1. The summed E-state index contributed by atoms with van der Waals surface area (Å²) in [6.45, 7) is 6.71. The van der Waals surface area contributed by atoms with Gasteiger partial charge in [0.25, 0.3) is 0 Å². The van der Waals surface area contributed by atoms with Crippen LogP contribution in [0.2, 0.25) is 0 Å². The van der Waals surface area contributed by atoms with E-state index in [0.29, 0.717) is 18.9 Å². The van der Waals surface area contributed by atoms with E-state index in [1.807, 2.05) is 13.8 Å². The van der Waals surface area contributed by atoms with Crippen LogP contribution in [-0.4, -0.2) is 87.2 Å². The average Bonchev–Trinajstić information content (AvgIpc) is 3.14. The Labute approximate surface area is 184 Å². The minimum atomic E-state index is -1.34. The van der Waals surface area contributed by atoms with Crippen molar-refractivity contribution in [1.82, 2.24) is 10.2 Å². The topological polar surface area (TPSA) is 126 Å². The standard InChI is InChI=1S/C21H39N3O5S/c1-5-6-7-8-13-9-14(24(10-13)11-22)20(28)23-15(12(2)3)19-17(26)16(25)18(27)21(29-19)30-4/h11-19,21-22,25-27H,5-10H2,1-4H3,(H,23,28)/t13-,14+,15-,16+,17-,18-,19-,21-/m1/s1. The first-order valence-corrected chi connectivity index (χ1v) is 12.3. The number of nitrogens with zero attached hydrogens (tertiary/aromatic N) is 1. The summed E-state index contributed by atoms with van der Waals surface area (Å²) in [4.78, 5) is 14.9. The fourth-order valence-electron chi connectivity index (χ4n) is 4.50. The average molecular weight is 446 g/mol. The molecular formula is C21H39N3O5S. The van der Waals surface area contributed by atoms with Crippen LogP contribution in [0.25, 0.3) is 0 Å². The number of aliphatic hydroxyl groups excluding tert-OH is 3. The fourth-order valence-corrected chi connectivity index (χ4v) is 5.18. The van der Waals surface area contributed by atoms with Gasteiger partial charge < -0.3 is 30.3 Å². The summed E-state index contributed by atoms with van der Waals surface area (Å²) in [7, 11) is 0. The van der Waals surface area contributed by atoms with E-state index in [-0.39, 0.29) is 11.8 Å². The van der Waals surface area contributed by atoms with Gasteiger partial charge in [-0.1, -0.05) is 40.0 Å². The third kappa shape index (κ3) is 5.88. The van der Waals surface area contributed by atoms with Crippen molar-refractivity contribution in [2.45, 2.75) is 94.8 Å². The van der Waals surface area contributed by atoms with Crippen molar-refractivity contribution in [3.05, 3.63) is 0 Å². The van der Waals surface area contributed by atoms with Crippen LogP contribution < -0.4 is 5.32 Å². The van der Waals surface area contributed by atoms with Crippen LogP contribution in [0.5, 0.6) is 0 Å². The van der Waals surface area contributed by atoms with E-state index in [2.05, 4.69) is 12.2 Å². The van der Waals surface area contributed by atoms with Gasteiger partial charge in [-0.2, -0.15) is 0 Å². The van der Waals surface area contributed by atoms with Crippen LogP contribution in [0.4, 0.5) is 0 Å². The first kappa shape index (κ1) is 25.4. The maximum absolute atomic E-state index is 13.1. The molecule has 2 fully saturated rings. The highest BCUT2D eigenvalue weighted by atomic mass is 32.2. The molecule has 2 saturated heterocycles. The van der Waals surface area contributed by atoms with Gasteiger partial charge in [0.2, 0.25) is 5.91 Å². The number of amides is 1. The summed E-state index contributed by atoms with van der Waals surface area (Å²) in [6, 6.07) is -0.945. The number of rotatable bonds is 10. The van der Waals surface area contributed by atoms with Gasteiger partial charge in [0.15, 0.2) is 0 Å². The van der Waals surface area contributed by atoms with E-state index in [4.69, 9.17) is 10.1 Å². The molecule has 8 nitrogen and oxygen atoms in total. The molecule has 9 heteroatoms. The molecule has 0 aromatic carbocycles. The van der Waals surface area contributed by atoms with Crippen molar-refractivity contribution >= 4 is 24.0 Å². The highest BCUT2D eigenvalue weighted by molar-refractivity contribution is 7.99. The minimum Gasteiger partial charge on any atom is -0.388 e. The Balaban J connectivity index is 2.08. The largest absolute Gasteiger partial charge is 0.388 e. The van der Waals surface area contributed by atoms with Gasteiger partial charge in [-0.05, 0) is 30.9 Å². The molecule has 0 unspecified atom stereocenters. The van der Waals surface area contributed by atoms with Crippen molar-refractivity contribution in [3.8, 4) is 0 Å². The molecular weight excluding hydrogens is 406 g/mol. The lowest BCUT2D eigenvalue weighted by atomic mass is 9.88. The highest BCUT2D eigenvalue weighted by Gasteiger charge is 2.48. The predicted octanol–water partition coefficient (Wildman–Crippen LogP) is 1.18. The number of nitrogens with one attached hydrogen (secondary N) is 2. The monoisotopic (exact) mass is 445 g/mol. The van der Waals surface area contributed by atoms with Crippen LogP contribution in [-0.2, 0) is 9.53 Å². The third-order valence-electron chi connectivity index (χ3n) is 6.33. The fraction of sp³-hybridized carbons (Fsp3) is 0.905. The van der Waals surface area contributed by atoms with Gasteiger partial charge >= 0.3 is 0 Å². The molecule has 0 aromatic rings. The zero-order chi connectivity index (χ0) is 22.4. The summed E-state index contributed by atoms with van der Waals surface area (Å²) in [5, 5.41) is 41.6. The Kier molecular flexibility index (Phi) is 9.87. The predicted molar refractivity (Wildman–Crippen MR) is 118 cm³/mol. The lowest BCUT2D eigenvalue weighted by Crippen LogP contribution is -2.64. The van der Waals surface area contributed by atoms with Crippen molar-refractivity contribution in [1.29, 1.82) is 5.41 Å². The zero-order valence-electron chi connectivity index (χ0n) is 18.5. The Morgan fingerprint density at radius 1 is 1.27 bits per heavy atom. The Hall–Kier alpha value is -0.870. The summed E-state index contributed by atoms with van der Waals surface area (Å²) >= 11 is 1.26. The van der Waals surface area contributed by atoms with Crippen LogP contribution in [0, 0.1) is 17.2 Å². The van der Waals surface area contributed by atoms with Crippen molar-refractivity contribution in [2.75, 3.05) is 12.8 Å². The maximum Gasteiger partial charge on any atom is 0.243 e. The first-order chi connectivity index (χ1) is 14.2. The number of aliphatic hydroxyl groups is 3. The van der Waals surface area contributed by atoms with E-state index in [9.17, 15) is 20.1 Å². The van der Waals surface area contributed by atoms with Crippen molar-refractivity contribution in [2.24, 2.45) is 11.8 Å². The summed E-state index contributed by atoms with van der Waals surface area (Å²) in [5.74, 6) is 0.141. The first-order valence-electron chi connectivity index (χ1n) is 11.0. The molecule has 0 bridgehead atoms. The second-order valence-electron chi connectivity index (χ2n) is 8.89.